The highest BCUT2D eigenvalue weighted by Gasteiger charge is 2.51. The van der Waals surface area contributed by atoms with Crippen molar-refractivity contribution in [2.75, 3.05) is 0 Å². The minimum absolute atomic E-state index is 0.274. The Balaban J connectivity index is 2.13. The quantitative estimate of drug-likeness (QED) is 0.178. The van der Waals surface area contributed by atoms with Crippen molar-refractivity contribution in [2.24, 2.45) is 0 Å². The van der Waals surface area contributed by atoms with Crippen LogP contribution in [0.25, 0.3) is 33.4 Å². The van der Waals surface area contributed by atoms with Crippen LogP contribution >= 0.6 is 0 Å². The van der Waals surface area contributed by atoms with Crippen LogP contribution in [0.15, 0.2) is 17.2 Å². The number of halogens is 16. The summed E-state index contributed by atoms with van der Waals surface area (Å²) >= 11 is 0. The number of benzene rings is 1. The highest BCUT2D eigenvalue weighted by Crippen LogP contribution is 2.58. The molecular weight excluding hydrogens is 850 g/mol. The zero-order valence-corrected chi connectivity index (χ0v) is 27.6. The number of alkyl halides is 12. The van der Waals surface area contributed by atoms with Gasteiger partial charge in [0.1, 0.15) is 53.6 Å². The van der Waals surface area contributed by atoms with Gasteiger partial charge in [-0.25, -0.2) is 27.5 Å². The molecule has 0 unspecified atom stereocenters. The topological polar surface area (TPSA) is 192 Å². The number of nitriles is 7. The maximum atomic E-state index is 15.8. The predicted molar refractivity (Wildman–Crippen MR) is 161 cm³/mol. The third-order valence-electron chi connectivity index (χ3n) is 8.38. The second kappa shape index (κ2) is 14.0. The van der Waals surface area contributed by atoms with E-state index in [4.69, 9.17) is 0 Å². The van der Waals surface area contributed by atoms with E-state index in [9.17, 15) is 89.5 Å². The Morgan fingerprint density at radius 1 is 0.417 bits per heavy atom. The van der Waals surface area contributed by atoms with Gasteiger partial charge in [0.2, 0.25) is 0 Å². The molecular formula is C35HF16N9. The molecule has 0 aliphatic heterocycles. The Hall–Kier alpha value is -8.21. The zero-order chi connectivity index (χ0) is 45.4. The van der Waals surface area contributed by atoms with Crippen molar-refractivity contribution in [3.05, 3.63) is 102 Å². The Labute approximate surface area is 320 Å². The lowest BCUT2D eigenvalue weighted by atomic mass is 9.85. The SMILES string of the molecule is N#CC(C#N)=C1C(c2c(F)c(C(F)(F)F)nc(C(F)(F)F)c2F)=C(C#N)c2c1cc1c(c2C#N)C(=C(C#N)C#N)C(c2c(F)c(C(F)(F)F)nc(C(F)(F)F)c2F)=C1C#N. The van der Waals surface area contributed by atoms with Crippen molar-refractivity contribution in [3.8, 4) is 42.5 Å². The van der Waals surface area contributed by atoms with Crippen LogP contribution in [0.5, 0.6) is 0 Å². The molecule has 60 heavy (non-hydrogen) atoms. The fourth-order valence-corrected chi connectivity index (χ4v) is 6.27. The van der Waals surface area contributed by atoms with Crippen LogP contribution < -0.4 is 0 Å². The molecule has 25 heteroatoms. The summed E-state index contributed by atoms with van der Waals surface area (Å²) in [6.45, 7) is 0. The molecule has 0 saturated carbocycles. The molecule has 0 atom stereocenters. The minimum atomic E-state index is -6.19. The average molecular weight is 851 g/mol. The first-order valence-corrected chi connectivity index (χ1v) is 14.8. The number of hydrogen-bond acceptors (Lipinski definition) is 9. The van der Waals surface area contributed by atoms with Crippen LogP contribution in [0, 0.1) is 103 Å². The molecule has 0 fully saturated rings. The molecule has 2 heterocycles. The third-order valence-corrected chi connectivity index (χ3v) is 8.38. The van der Waals surface area contributed by atoms with E-state index < -0.39 is 154 Å². The van der Waals surface area contributed by atoms with E-state index in [0.717, 1.165) is 36.4 Å². The van der Waals surface area contributed by atoms with Gasteiger partial charge in [-0.15, -0.1) is 0 Å². The van der Waals surface area contributed by atoms with Gasteiger partial charge in [-0.1, -0.05) is 0 Å². The highest BCUT2D eigenvalue weighted by atomic mass is 19.4. The van der Waals surface area contributed by atoms with Crippen LogP contribution in [0.3, 0.4) is 0 Å². The number of allylic oxidation sites excluding steroid dienone is 8. The van der Waals surface area contributed by atoms with Gasteiger partial charge in [0, 0.05) is 39.0 Å². The van der Waals surface area contributed by atoms with Gasteiger partial charge >= 0.3 is 24.7 Å². The van der Waals surface area contributed by atoms with Crippen LogP contribution in [0.2, 0.25) is 0 Å². The molecule has 0 spiro atoms. The number of hydrogen-bond donors (Lipinski definition) is 0. The Kier molecular flexibility index (Phi) is 10.0. The average Bonchev–Trinajstić information content (AvgIpc) is 3.62. The molecule has 3 aromatic rings. The molecule has 2 aliphatic rings. The first-order chi connectivity index (χ1) is 27.7. The first-order valence-electron chi connectivity index (χ1n) is 14.8. The lowest BCUT2D eigenvalue weighted by Gasteiger charge is -2.18. The summed E-state index contributed by atoms with van der Waals surface area (Å²) in [7, 11) is 0. The molecule has 9 nitrogen and oxygen atoms in total. The van der Waals surface area contributed by atoms with E-state index >= 15 is 17.6 Å². The van der Waals surface area contributed by atoms with E-state index in [1.54, 1.807) is 0 Å². The number of pyridine rings is 2. The van der Waals surface area contributed by atoms with Crippen molar-refractivity contribution in [2.45, 2.75) is 24.7 Å². The second-order valence-electron chi connectivity index (χ2n) is 11.5. The predicted octanol–water partition coefficient (Wildman–Crippen LogP) is 9.48. The standard InChI is InChI=1S/C35HF16N9/c36-24-22(25(37)29(33(43,44)45)59-28(24)32(40,41)42)20-13(6-56)11-1-12-16(9(2-52)3-53)21(15(8-58)18(12)14(7-57)19(11)17(20)10(4-54)5-55)23-26(38)30(34(46,47)48)60-31(27(23)39)35(49,50)51/h1H. The summed E-state index contributed by atoms with van der Waals surface area (Å²) in [5, 5.41) is 70.2. The molecule has 5 rings (SSSR count). The van der Waals surface area contributed by atoms with Gasteiger partial charge in [0.15, 0.2) is 46.0 Å². The van der Waals surface area contributed by atoms with Gasteiger partial charge in [-0.2, -0.15) is 89.5 Å². The fraction of sp³-hybridized carbons (Fsp3) is 0.114. The van der Waals surface area contributed by atoms with E-state index in [1.807, 2.05) is 9.97 Å². The Bertz CT molecular complexity index is 2870. The van der Waals surface area contributed by atoms with Crippen LogP contribution in [-0.4, -0.2) is 9.97 Å². The molecule has 2 aliphatic carbocycles. The lowest BCUT2D eigenvalue weighted by molar-refractivity contribution is -0.155. The number of rotatable bonds is 2. The first kappa shape index (κ1) is 42.9. The summed E-state index contributed by atoms with van der Waals surface area (Å²) in [5.74, 6) is -12.0. The van der Waals surface area contributed by atoms with E-state index in [-0.39, 0.29) is 6.07 Å². The Morgan fingerprint density at radius 3 is 1.05 bits per heavy atom. The zero-order valence-electron chi connectivity index (χ0n) is 27.6. The molecule has 0 N–H and O–H groups in total. The van der Waals surface area contributed by atoms with Crippen LogP contribution in [0.1, 0.15) is 61.7 Å². The Morgan fingerprint density at radius 2 is 0.750 bits per heavy atom. The molecule has 0 radical (unpaired) electrons. The minimum Gasteiger partial charge on any atom is -0.233 e. The summed E-state index contributed by atoms with van der Waals surface area (Å²) < 4.78 is 230. The third kappa shape index (κ3) is 6.24. The number of nitrogens with zero attached hydrogens (tertiary/aromatic N) is 9. The van der Waals surface area contributed by atoms with Gasteiger partial charge in [-0.3, -0.25) is 0 Å². The maximum absolute atomic E-state index is 15.8. The lowest BCUT2D eigenvalue weighted by Crippen LogP contribution is -2.21. The molecule has 0 bridgehead atoms. The molecule has 298 valence electrons. The monoisotopic (exact) mass is 851 g/mol. The van der Waals surface area contributed by atoms with Crippen molar-refractivity contribution >= 4 is 33.4 Å². The van der Waals surface area contributed by atoms with E-state index in [1.165, 1.54) is 6.07 Å². The number of aromatic nitrogens is 2. The molecule has 0 saturated heterocycles. The molecule has 1 aromatic carbocycles. The van der Waals surface area contributed by atoms with Crippen LogP contribution in [-0.2, 0) is 24.7 Å². The normalized spacial score (nSPS) is 13.7. The highest BCUT2D eigenvalue weighted by molar-refractivity contribution is 6.31. The van der Waals surface area contributed by atoms with Gasteiger partial charge in [0.05, 0.1) is 27.8 Å². The van der Waals surface area contributed by atoms with Crippen molar-refractivity contribution < 1.29 is 70.2 Å². The second-order valence-corrected chi connectivity index (χ2v) is 11.5. The summed E-state index contributed by atoms with van der Waals surface area (Å²) in [6, 6.07) is 7.97. The smallest absolute Gasteiger partial charge is 0.233 e. The largest absolute Gasteiger partial charge is 0.436 e. The summed E-state index contributed by atoms with van der Waals surface area (Å²) in [4.78, 5) is 3.97. The van der Waals surface area contributed by atoms with Crippen molar-refractivity contribution in [1.29, 1.82) is 36.8 Å². The van der Waals surface area contributed by atoms with E-state index in [0.29, 0.717) is 0 Å². The van der Waals surface area contributed by atoms with Crippen LogP contribution in [0.4, 0.5) is 70.2 Å². The fourth-order valence-electron chi connectivity index (χ4n) is 6.27. The maximum Gasteiger partial charge on any atom is 0.436 e. The molecule has 0 amide bonds. The summed E-state index contributed by atoms with van der Waals surface area (Å²) in [6.07, 6.45) is -24.8. The molecule has 2 aromatic heterocycles. The van der Waals surface area contributed by atoms with Gasteiger partial charge in [-0.05, 0) is 11.6 Å². The van der Waals surface area contributed by atoms with Gasteiger partial charge < -0.3 is 0 Å². The van der Waals surface area contributed by atoms with Gasteiger partial charge in [0.25, 0.3) is 0 Å². The van der Waals surface area contributed by atoms with E-state index in [2.05, 4.69) is 0 Å². The van der Waals surface area contributed by atoms with Crippen molar-refractivity contribution in [3.63, 3.8) is 0 Å². The van der Waals surface area contributed by atoms with Crippen molar-refractivity contribution in [1.82, 2.24) is 9.97 Å². The number of fused-ring (bicyclic) bond motifs is 2. The summed E-state index contributed by atoms with van der Waals surface area (Å²) in [5.41, 5.74) is -36.5.